The number of anilines is 2. The standard InChI is InChI=1S/C21H20N4O6S/c1-13-6-8-17(14(2)10-13)24-32(30,31)16-7-9-18(19(11-16)25(28)29)23-22-12-15-4-3-5-20(26)21(15)27/h3-12,23-24,26-27H,1-2H3/b22-12-. The summed E-state index contributed by atoms with van der Waals surface area (Å²) in [6.45, 7) is 3.63. The molecule has 0 atom stereocenters. The van der Waals surface area contributed by atoms with Crippen molar-refractivity contribution in [3.8, 4) is 11.5 Å². The molecule has 0 saturated carbocycles. The molecule has 0 aliphatic heterocycles. The van der Waals surface area contributed by atoms with Crippen molar-refractivity contribution in [2.45, 2.75) is 18.7 Å². The molecular formula is C21H20N4O6S. The second-order valence-corrected chi connectivity index (χ2v) is 8.63. The maximum absolute atomic E-state index is 12.8. The number of nitro benzene ring substituents is 1. The number of rotatable bonds is 7. The van der Waals surface area contributed by atoms with Crippen molar-refractivity contribution < 1.29 is 23.6 Å². The van der Waals surface area contributed by atoms with Crippen molar-refractivity contribution in [3.05, 3.63) is 81.4 Å². The van der Waals surface area contributed by atoms with E-state index in [1.165, 1.54) is 30.3 Å². The number of nitrogens with one attached hydrogen (secondary N) is 2. The lowest BCUT2D eigenvalue weighted by Gasteiger charge is -2.12. The molecule has 4 N–H and O–H groups in total. The zero-order chi connectivity index (χ0) is 23.5. The molecule has 0 heterocycles. The molecule has 0 amide bonds. The molecule has 11 heteroatoms. The first kappa shape index (κ1) is 22.6. The van der Waals surface area contributed by atoms with Crippen LogP contribution < -0.4 is 10.1 Å². The lowest BCUT2D eigenvalue weighted by molar-refractivity contribution is -0.384. The second kappa shape index (κ2) is 8.94. The number of sulfonamides is 1. The monoisotopic (exact) mass is 456 g/mol. The molecule has 0 fully saturated rings. The first-order chi connectivity index (χ1) is 15.1. The topological polar surface area (TPSA) is 154 Å². The molecular weight excluding hydrogens is 436 g/mol. The molecule has 3 aromatic carbocycles. The van der Waals surface area contributed by atoms with Gasteiger partial charge in [0.1, 0.15) is 5.69 Å². The molecule has 3 aromatic rings. The van der Waals surface area contributed by atoms with Gasteiger partial charge in [0.15, 0.2) is 11.5 Å². The van der Waals surface area contributed by atoms with Crippen molar-refractivity contribution in [3.63, 3.8) is 0 Å². The van der Waals surface area contributed by atoms with Crippen LogP contribution in [0.2, 0.25) is 0 Å². The van der Waals surface area contributed by atoms with E-state index in [9.17, 15) is 28.7 Å². The van der Waals surface area contributed by atoms with Crippen molar-refractivity contribution >= 4 is 33.3 Å². The quantitative estimate of drug-likeness (QED) is 0.182. The molecule has 0 unspecified atom stereocenters. The van der Waals surface area contributed by atoms with Crippen molar-refractivity contribution in [1.82, 2.24) is 0 Å². The third kappa shape index (κ3) is 4.95. The SMILES string of the molecule is Cc1ccc(NS(=O)(=O)c2ccc(N/N=C\c3cccc(O)c3O)c([N+](=O)[O-])c2)c(C)c1. The number of nitro groups is 1. The van der Waals surface area contributed by atoms with Gasteiger partial charge in [-0.1, -0.05) is 23.8 Å². The van der Waals surface area contributed by atoms with E-state index in [0.29, 0.717) is 11.3 Å². The van der Waals surface area contributed by atoms with Crippen LogP contribution in [0, 0.1) is 24.0 Å². The zero-order valence-corrected chi connectivity index (χ0v) is 17.9. The van der Waals surface area contributed by atoms with E-state index in [1.807, 2.05) is 13.0 Å². The van der Waals surface area contributed by atoms with Crippen LogP contribution in [0.5, 0.6) is 11.5 Å². The van der Waals surface area contributed by atoms with E-state index in [1.54, 1.807) is 19.1 Å². The number of hydrogen-bond donors (Lipinski definition) is 4. The third-order valence-electron chi connectivity index (χ3n) is 4.54. The summed E-state index contributed by atoms with van der Waals surface area (Å²) in [5, 5.41) is 34.6. The highest BCUT2D eigenvalue weighted by Crippen LogP contribution is 2.30. The Labute approximate surface area is 184 Å². The largest absolute Gasteiger partial charge is 0.504 e. The summed E-state index contributed by atoms with van der Waals surface area (Å²) in [5.41, 5.74) is 4.12. The van der Waals surface area contributed by atoms with Gasteiger partial charge in [-0.15, -0.1) is 0 Å². The lowest BCUT2D eigenvalue weighted by atomic mass is 10.1. The van der Waals surface area contributed by atoms with E-state index in [2.05, 4.69) is 15.2 Å². The smallest absolute Gasteiger partial charge is 0.295 e. The number of hydrazone groups is 1. The number of para-hydroxylation sites is 1. The molecule has 10 nitrogen and oxygen atoms in total. The highest BCUT2D eigenvalue weighted by atomic mass is 32.2. The molecule has 0 aliphatic rings. The van der Waals surface area contributed by atoms with Gasteiger partial charge in [0, 0.05) is 11.6 Å². The van der Waals surface area contributed by atoms with Crippen molar-refractivity contribution in [2.24, 2.45) is 5.10 Å². The van der Waals surface area contributed by atoms with Gasteiger partial charge in [-0.25, -0.2) is 8.42 Å². The van der Waals surface area contributed by atoms with Crippen LogP contribution in [0.15, 0.2) is 64.6 Å². The highest BCUT2D eigenvalue weighted by Gasteiger charge is 2.22. The minimum Gasteiger partial charge on any atom is -0.504 e. The highest BCUT2D eigenvalue weighted by molar-refractivity contribution is 7.92. The zero-order valence-electron chi connectivity index (χ0n) is 17.1. The first-order valence-electron chi connectivity index (χ1n) is 9.27. The van der Waals surface area contributed by atoms with Gasteiger partial charge in [-0.3, -0.25) is 20.3 Å². The maximum atomic E-state index is 12.8. The number of aromatic hydroxyl groups is 2. The molecule has 0 radical (unpaired) electrons. The molecule has 166 valence electrons. The minimum absolute atomic E-state index is 0.0589. The number of nitrogens with zero attached hydrogens (tertiary/aromatic N) is 2. The number of aryl methyl sites for hydroxylation is 2. The van der Waals surface area contributed by atoms with Crippen LogP contribution in [0.1, 0.15) is 16.7 Å². The van der Waals surface area contributed by atoms with E-state index in [4.69, 9.17) is 0 Å². The predicted octanol–water partition coefficient (Wildman–Crippen LogP) is 3.87. The third-order valence-corrected chi connectivity index (χ3v) is 5.90. The molecule has 0 saturated heterocycles. The van der Waals surface area contributed by atoms with Crippen LogP contribution in [0.25, 0.3) is 0 Å². The van der Waals surface area contributed by atoms with Gasteiger partial charge in [0.05, 0.1) is 21.7 Å². The molecule has 3 rings (SSSR count). The van der Waals surface area contributed by atoms with Crippen molar-refractivity contribution in [1.29, 1.82) is 0 Å². The fourth-order valence-corrected chi connectivity index (χ4v) is 4.03. The Balaban J connectivity index is 1.87. The molecule has 0 aromatic heterocycles. The van der Waals surface area contributed by atoms with Gasteiger partial charge >= 0.3 is 0 Å². The molecule has 0 bridgehead atoms. The fourth-order valence-electron chi connectivity index (χ4n) is 2.88. The molecule has 0 spiro atoms. The van der Waals surface area contributed by atoms with Crippen LogP contribution in [0.4, 0.5) is 17.1 Å². The van der Waals surface area contributed by atoms with Crippen molar-refractivity contribution in [2.75, 3.05) is 10.1 Å². The number of hydrogen-bond acceptors (Lipinski definition) is 8. The predicted molar refractivity (Wildman–Crippen MR) is 121 cm³/mol. The van der Waals surface area contributed by atoms with Gasteiger partial charge < -0.3 is 10.2 Å². The Bertz CT molecular complexity index is 1320. The van der Waals surface area contributed by atoms with Crippen LogP contribution in [-0.4, -0.2) is 29.8 Å². The summed E-state index contributed by atoms with van der Waals surface area (Å²) < 4.78 is 28.0. The summed E-state index contributed by atoms with van der Waals surface area (Å²) >= 11 is 0. The van der Waals surface area contributed by atoms with Crippen LogP contribution in [0.3, 0.4) is 0 Å². The summed E-state index contributed by atoms with van der Waals surface area (Å²) in [4.78, 5) is 10.5. The van der Waals surface area contributed by atoms with Gasteiger partial charge in [-0.05, 0) is 49.7 Å². The van der Waals surface area contributed by atoms with Gasteiger partial charge in [-0.2, -0.15) is 5.10 Å². The Hall–Kier alpha value is -4.12. The minimum atomic E-state index is -4.08. The number of phenols is 2. The van der Waals surface area contributed by atoms with E-state index in [0.717, 1.165) is 17.8 Å². The first-order valence-corrected chi connectivity index (χ1v) is 10.8. The lowest BCUT2D eigenvalue weighted by Crippen LogP contribution is -2.14. The van der Waals surface area contributed by atoms with Crippen LogP contribution >= 0.6 is 0 Å². The second-order valence-electron chi connectivity index (χ2n) is 6.94. The summed E-state index contributed by atoms with van der Waals surface area (Å²) in [7, 11) is -4.08. The van der Waals surface area contributed by atoms with E-state index in [-0.39, 0.29) is 21.9 Å². The number of benzene rings is 3. The Morgan fingerprint density at radius 1 is 1.03 bits per heavy atom. The summed E-state index contributed by atoms with van der Waals surface area (Å²) in [6, 6.07) is 12.8. The fraction of sp³-hybridized carbons (Fsp3) is 0.0952. The maximum Gasteiger partial charge on any atom is 0.295 e. The molecule has 32 heavy (non-hydrogen) atoms. The Kier molecular flexibility index (Phi) is 6.30. The Morgan fingerprint density at radius 2 is 1.75 bits per heavy atom. The number of phenolic OH excluding ortho intramolecular Hbond substituents is 2. The van der Waals surface area contributed by atoms with Gasteiger partial charge in [0.2, 0.25) is 0 Å². The average Bonchev–Trinajstić information content (AvgIpc) is 2.73. The normalized spacial score (nSPS) is 11.4. The summed E-state index contributed by atoms with van der Waals surface area (Å²) in [6.07, 6.45) is 1.16. The van der Waals surface area contributed by atoms with E-state index < -0.39 is 26.4 Å². The summed E-state index contributed by atoms with van der Waals surface area (Å²) in [5.74, 6) is -0.739. The molecule has 0 aliphatic carbocycles. The Morgan fingerprint density at radius 3 is 2.44 bits per heavy atom. The van der Waals surface area contributed by atoms with Crippen LogP contribution in [-0.2, 0) is 10.0 Å². The average molecular weight is 456 g/mol. The van der Waals surface area contributed by atoms with Gasteiger partial charge in [0.25, 0.3) is 15.7 Å². The van der Waals surface area contributed by atoms with E-state index >= 15 is 0 Å².